The average molecular weight is 541 g/mol. The highest BCUT2D eigenvalue weighted by Gasteiger charge is 2.43. The van der Waals surface area contributed by atoms with Crippen LogP contribution in [0.1, 0.15) is 20.8 Å². The number of aromatic nitrogens is 2. The highest BCUT2D eigenvalue weighted by atomic mass is 35.5. The van der Waals surface area contributed by atoms with Crippen LogP contribution >= 0.6 is 22.9 Å². The first kappa shape index (κ1) is 25.2. The third-order valence-electron chi connectivity index (χ3n) is 5.02. The molecule has 0 aliphatic carbocycles. The zero-order chi connectivity index (χ0) is 26.2. The van der Waals surface area contributed by atoms with E-state index in [-0.39, 0.29) is 27.4 Å². The minimum absolute atomic E-state index is 0.0698. The lowest BCUT2D eigenvalue weighted by Crippen LogP contribution is -2.43. The molecule has 0 saturated heterocycles. The SMILES string of the molecule is Cc1csc(C(=O)O)c1Nc1nc(Nc2ccc3c(c2)NC(=O)CN(C(=O)C(F)(F)F)C3)ncc1Cl. The van der Waals surface area contributed by atoms with Crippen LogP contribution in [0.3, 0.4) is 0 Å². The number of carboxylic acid groups (broad SMARTS) is 1. The van der Waals surface area contributed by atoms with Gasteiger partial charge in [-0.3, -0.25) is 9.59 Å². The summed E-state index contributed by atoms with van der Waals surface area (Å²) in [6, 6.07) is 4.44. The maximum atomic E-state index is 12.8. The maximum Gasteiger partial charge on any atom is 0.471 e. The van der Waals surface area contributed by atoms with E-state index in [1.165, 1.54) is 24.4 Å². The molecule has 188 valence electrons. The Bertz CT molecular complexity index is 1380. The summed E-state index contributed by atoms with van der Waals surface area (Å²) in [5.74, 6) is -3.78. The van der Waals surface area contributed by atoms with E-state index in [1.54, 1.807) is 12.3 Å². The summed E-state index contributed by atoms with van der Waals surface area (Å²) in [6.07, 6.45) is -3.80. The number of amides is 2. The van der Waals surface area contributed by atoms with E-state index < -0.39 is 37.0 Å². The molecule has 1 aliphatic heterocycles. The van der Waals surface area contributed by atoms with E-state index in [9.17, 15) is 32.7 Å². The fourth-order valence-corrected chi connectivity index (χ4v) is 4.36. The zero-order valence-corrected chi connectivity index (χ0v) is 19.8. The first-order valence-electron chi connectivity index (χ1n) is 10.1. The van der Waals surface area contributed by atoms with E-state index in [0.29, 0.717) is 27.4 Å². The van der Waals surface area contributed by atoms with Crippen LogP contribution in [0.4, 0.5) is 42.0 Å². The Labute approximate surface area is 210 Å². The summed E-state index contributed by atoms with van der Waals surface area (Å²) in [5.41, 5.74) is 1.93. The quantitative estimate of drug-likeness (QED) is 0.370. The van der Waals surface area contributed by atoms with Gasteiger partial charge in [0.2, 0.25) is 11.9 Å². The number of nitrogens with zero attached hydrogens (tertiary/aromatic N) is 3. The van der Waals surface area contributed by atoms with E-state index in [1.807, 2.05) is 0 Å². The van der Waals surface area contributed by atoms with Crippen molar-refractivity contribution >= 4 is 69.5 Å². The highest BCUT2D eigenvalue weighted by molar-refractivity contribution is 7.12. The second-order valence-electron chi connectivity index (χ2n) is 7.65. The van der Waals surface area contributed by atoms with Gasteiger partial charge in [0, 0.05) is 17.9 Å². The fraction of sp³-hybridized carbons (Fsp3) is 0.190. The number of aromatic carboxylic acids is 1. The maximum absolute atomic E-state index is 12.8. The number of carbonyl (C=O) groups is 3. The van der Waals surface area contributed by atoms with Crippen LogP contribution in [-0.4, -0.2) is 50.5 Å². The predicted molar refractivity (Wildman–Crippen MR) is 126 cm³/mol. The Kier molecular flexibility index (Phi) is 6.73. The molecule has 4 N–H and O–H groups in total. The molecule has 3 heterocycles. The van der Waals surface area contributed by atoms with Gasteiger partial charge < -0.3 is 26.0 Å². The number of nitrogens with one attached hydrogen (secondary N) is 3. The smallest absolute Gasteiger partial charge is 0.471 e. The van der Waals surface area contributed by atoms with Crippen molar-refractivity contribution in [3.63, 3.8) is 0 Å². The third kappa shape index (κ3) is 5.33. The fourth-order valence-electron chi connectivity index (χ4n) is 3.38. The normalized spacial score (nSPS) is 13.5. The number of carbonyl (C=O) groups excluding carboxylic acids is 2. The lowest BCUT2D eigenvalue weighted by atomic mass is 10.1. The molecule has 3 aromatic rings. The van der Waals surface area contributed by atoms with Crippen LogP contribution in [0.5, 0.6) is 0 Å². The molecule has 36 heavy (non-hydrogen) atoms. The van der Waals surface area contributed by atoms with Gasteiger partial charge in [-0.25, -0.2) is 9.78 Å². The van der Waals surface area contributed by atoms with Crippen molar-refractivity contribution in [2.75, 3.05) is 22.5 Å². The van der Waals surface area contributed by atoms with Crippen LogP contribution in [0, 0.1) is 6.92 Å². The number of hydrogen-bond donors (Lipinski definition) is 4. The predicted octanol–water partition coefficient (Wildman–Crippen LogP) is 4.53. The van der Waals surface area contributed by atoms with Gasteiger partial charge in [0.1, 0.15) is 16.4 Å². The molecule has 1 aromatic carbocycles. The zero-order valence-electron chi connectivity index (χ0n) is 18.2. The number of rotatable bonds is 5. The molecule has 4 rings (SSSR count). The van der Waals surface area contributed by atoms with Gasteiger partial charge in [-0.1, -0.05) is 17.7 Å². The molecule has 0 spiro atoms. The Morgan fingerprint density at radius 2 is 2.00 bits per heavy atom. The number of alkyl halides is 3. The number of anilines is 5. The van der Waals surface area contributed by atoms with E-state index >= 15 is 0 Å². The molecule has 0 saturated carbocycles. The molecular formula is C21H16ClF3N6O4S. The molecule has 15 heteroatoms. The van der Waals surface area contributed by atoms with Gasteiger partial charge >= 0.3 is 18.1 Å². The van der Waals surface area contributed by atoms with Gasteiger partial charge in [-0.05, 0) is 35.6 Å². The highest BCUT2D eigenvalue weighted by Crippen LogP contribution is 2.33. The van der Waals surface area contributed by atoms with Crippen LogP contribution in [0.15, 0.2) is 29.8 Å². The minimum atomic E-state index is -5.10. The van der Waals surface area contributed by atoms with Gasteiger partial charge in [0.25, 0.3) is 0 Å². The van der Waals surface area contributed by atoms with Crippen molar-refractivity contribution in [1.82, 2.24) is 14.9 Å². The van der Waals surface area contributed by atoms with E-state index in [2.05, 4.69) is 25.9 Å². The Morgan fingerprint density at radius 1 is 1.25 bits per heavy atom. The number of fused-ring (bicyclic) bond motifs is 1. The number of benzene rings is 1. The van der Waals surface area contributed by atoms with Crippen molar-refractivity contribution < 1.29 is 32.7 Å². The Hall–Kier alpha value is -3.91. The number of thiophene rings is 1. The topological polar surface area (TPSA) is 137 Å². The van der Waals surface area contributed by atoms with Crippen LogP contribution < -0.4 is 16.0 Å². The molecule has 0 radical (unpaired) electrons. The van der Waals surface area contributed by atoms with Gasteiger partial charge in [0.15, 0.2) is 5.82 Å². The third-order valence-corrected chi connectivity index (χ3v) is 6.38. The van der Waals surface area contributed by atoms with Crippen molar-refractivity contribution in [3.05, 3.63) is 50.8 Å². The Balaban J connectivity index is 1.57. The van der Waals surface area contributed by atoms with Crippen LogP contribution in [0.25, 0.3) is 0 Å². The van der Waals surface area contributed by atoms with Gasteiger partial charge in [-0.2, -0.15) is 18.2 Å². The lowest BCUT2D eigenvalue weighted by molar-refractivity contribution is -0.186. The molecule has 2 aromatic heterocycles. The number of aryl methyl sites for hydroxylation is 1. The summed E-state index contributed by atoms with van der Waals surface area (Å²) >= 11 is 7.23. The number of carboxylic acids is 1. The van der Waals surface area contributed by atoms with E-state index in [0.717, 1.165) is 11.3 Å². The monoisotopic (exact) mass is 540 g/mol. The summed E-state index contributed by atoms with van der Waals surface area (Å²) < 4.78 is 38.5. The first-order valence-corrected chi connectivity index (χ1v) is 11.3. The molecular weight excluding hydrogens is 525 g/mol. The molecule has 10 nitrogen and oxygen atoms in total. The van der Waals surface area contributed by atoms with Crippen molar-refractivity contribution in [2.45, 2.75) is 19.6 Å². The molecule has 0 atom stereocenters. The van der Waals surface area contributed by atoms with Crippen molar-refractivity contribution in [3.8, 4) is 0 Å². The number of hydrogen-bond acceptors (Lipinski definition) is 8. The molecule has 0 unspecified atom stereocenters. The van der Waals surface area contributed by atoms with Crippen LogP contribution in [-0.2, 0) is 16.1 Å². The largest absolute Gasteiger partial charge is 0.477 e. The molecule has 0 fully saturated rings. The van der Waals surface area contributed by atoms with Crippen molar-refractivity contribution in [2.24, 2.45) is 0 Å². The van der Waals surface area contributed by atoms with Gasteiger partial charge in [0.05, 0.1) is 11.9 Å². The summed E-state index contributed by atoms with van der Waals surface area (Å²) in [5, 5.41) is 19.5. The average Bonchev–Trinajstić information content (AvgIpc) is 3.07. The second kappa shape index (κ2) is 9.62. The standard InChI is InChI=1S/C21H16ClF3N6O4S/c1-9-8-36-16(18(33)34)15(9)29-17-12(22)5-26-20(30-17)27-11-3-2-10-6-31(19(35)21(23,24)25)7-14(32)28-13(10)4-11/h2-5,8H,6-7H2,1H3,(H,28,32)(H,33,34)(H2,26,27,29,30). The van der Waals surface area contributed by atoms with Crippen molar-refractivity contribution in [1.29, 1.82) is 0 Å². The van der Waals surface area contributed by atoms with Gasteiger partial charge in [-0.15, -0.1) is 11.3 Å². The summed E-state index contributed by atoms with van der Waals surface area (Å²) in [4.78, 5) is 44.1. The summed E-state index contributed by atoms with van der Waals surface area (Å²) in [7, 11) is 0. The summed E-state index contributed by atoms with van der Waals surface area (Å²) in [6.45, 7) is 0.572. The Morgan fingerprint density at radius 3 is 2.69 bits per heavy atom. The van der Waals surface area contributed by atoms with Crippen LogP contribution in [0.2, 0.25) is 5.02 Å². The van der Waals surface area contributed by atoms with E-state index in [4.69, 9.17) is 11.6 Å². The lowest BCUT2D eigenvalue weighted by Gasteiger charge is -2.20. The minimum Gasteiger partial charge on any atom is -0.477 e. The number of halogens is 4. The first-order chi connectivity index (χ1) is 16.9. The molecule has 2 amide bonds. The molecule has 0 bridgehead atoms. The second-order valence-corrected chi connectivity index (χ2v) is 8.93. The molecule has 1 aliphatic rings.